The van der Waals surface area contributed by atoms with Gasteiger partial charge in [0, 0.05) is 18.9 Å². The predicted molar refractivity (Wildman–Crippen MR) is 98.0 cm³/mol. The monoisotopic (exact) mass is 323 g/mol. The summed E-state index contributed by atoms with van der Waals surface area (Å²) in [5, 5.41) is 12.3. The maximum atomic E-state index is 11.5. The first-order chi connectivity index (χ1) is 10.9. The molecule has 0 aromatic heterocycles. The zero-order valence-corrected chi connectivity index (χ0v) is 15.6. The van der Waals surface area contributed by atoms with E-state index in [4.69, 9.17) is 6.42 Å². The predicted octanol–water partition coefficient (Wildman–Crippen LogP) is 4.15. The van der Waals surface area contributed by atoms with Gasteiger partial charge in [-0.05, 0) is 24.7 Å². The maximum Gasteiger partial charge on any atom is 0.223 e. The Morgan fingerprint density at radius 2 is 1.83 bits per heavy atom. The molecule has 3 heteroatoms. The van der Waals surface area contributed by atoms with Gasteiger partial charge in [0.1, 0.15) is 0 Å². The van der Waals surface area contributed by atoms with Gasteiger partial charge in [-0.15, -0.1) is 12.3 Å². The van der Waals surface area contributed by atoms with Gasteiger partial charge in [0.25, 0.3) is 0 Å². The van der Waals surface area contributed by atoms with Crippen molar-refractivity contribution >= 4 is 5.91 Å². The summed E-state index contributed by atoms with van der Waals surface area (Å²) in [6.45, 7) is 8.69. The van der Waals surface area contributed by atoms with Crippen molar-refractivity contribution in [3.8, 4) is 12.3 Å². The molecule has 0 bridgehead atoms. The van der Waals surface area contributed by atoms with Gasteiger partial charge >= 0.3 is 0 Å². The Balaban J connectivity index is 0.000000568. The minimum Gasteiger partial charge on any atom is -0.391 e. The third-order valence-corrected chi connectivity index (χ3v) is 4.35. The van der Waals surface area contributed by atoms with Crippen LogP contribution in [0, 0.1) is 30.1 Å². The Morgan fingerprint density at radius 1 is 1.22 bits per heavy atom. The molecule has 0 unspecified atom stereocenters. The van der Waals surface area contributed by atoms with E-state index in [1.165, 1.54) is 32.1 Å². The van der Waals surface area contributed by atoms with Crippen LogP contribution in [0.5, 0.6) is 0 Å². The van der Waals surface area contributed by atoms with Crippen LogP contribution in [0.2, 0.25) is 0 Å². The van der Waals surface area contributed by atoms with Crippen LogP contribution in [0.4, 0.5) is 0 Å². The van der Waals surface area contributed by atoms with E-state index in [-0.39, 0.29) is 11.8 Å². The highest BCUT2D eigenvalue weighted by atomic mass is 16.3. The lowest BCUT2D eigenvalue weighted by molar-refractivity contribution is -0.124. The number of aliphatic hydroxyl groups excluding tert-OH is 1. The molecule has 2 N–H and O–H groups in total. The van der Waals surface area contributed by atoms with Crippen LogP contribution in [-0.2, 0) is 4.79 Å². The summed E-state index contributed by atoms with van der Waals surface area (Å²) in [5.74, 6) is 3.80. The van der Waals surface area contributed by atoms with Crippen LogP contribution >= 0.6 is 0 Å². The van der Waals surface area contributed by atoms with Crippen LogP contribution in [0.25, 0.3) is 0 Å². The van der Waals surface area contributed by atoms with Crippen LogP contribution in [0.15, 0.2) is 0 Å². The molecule has 1 fully saturated rings. The van der Waals surface area contributed by atoms with Crippen molar-refractivity contribution in [2.24, 2.45) is 17.8 Å². The van der Waals surface area contributed by atoms with Crippen molar-refractivity contribution < 1.29 is 9.90 Å². The topological polar surface area (TPSA) is 49.3 Å². The van der Waals surface area contributed by atoms with Crippen molar-refractivity contribution in [2.75, 3.05) is 6.54 Å². The fourth-order valence-electron chi connectivity index (χ4n) is 2.60. The zero-order valence-electron chi connectivity index (χ0n) is 15.6. The molecular weight excluding hydrogens is 286 g/mol. The van der Waals surface area contributed by atoms with E-state index in [0.29, 0.717) is 18.9 Å². The summed E-state index contributed by atoms with van der Waals surface area (Å²) in [4.78, 5) is 11.5. The average Bonchev–Trinajstić information content (AvgIpc) is 2.52. The molecular formula is C20H37NO2. The number of hydrogen-bond acceptors (Lipinski definition) is 2. The van der Waals surface area contributed by atoms with Gasteiger partial charge in [0.15, 0.2) is 0 Å². The third-order valence-electron chi connectivity index (χ3n) is 4.35. The average molecular weight is 324 g/mol. The lowest BCUT2D eigenvalue weighted by Crippen LogP contribution is -2.35. The van der Waals surface area contributed by atoms with Gasteiger partial charge in [-0.2, -0.15) is 0 Å². The first-order valence-corrected chi connectivity index (χ1v) is 9.26. The van der Waals surface area contributed by atoms with Gasteiger partial charge in [-0.3, -0.25) is 4.79 Å². The molecule has 0 spiro atoms. The number of carbonyl (C=O) groups excluding carboxylic acids is 1. The van der Waals surface area contributed by atoms with Crippen molar-refractivity contribution in [3.05, 3.63) is 0 Å². The number of amides is 1. The molecule has 1 aliphatic rings. The largest absolute Gasteiger partial charge is 0.391 e. The lowest BCUT2D eigenvalue weighted by Gasteiger charge is -2.15. The standard InChI is InChI=1S/C13H23NO2.C7H14/c1-5-6-11(4)13(16)14-9-12(15)8-7-10(2)3;1-7-5-3-2-4-6-7/h1,10-12,15H,6-9H2,2-4H3,(H,14,16);7H,2-6H2,1H3/t11-,12-;/m0./s1. The quantitative estimate of drug-likeness (QED) is 0.692. The number of nitrogens with one attached hydrogen (secondary N) is 1. The first kappa shape index (κ1) is 22.0. The van der Waals surface area contributed by atoms with Crippen LogP contribution in [0.1, 0.15) is 79.1 Å². The van der Waals surface area contributed by atoms with E-state index >= 15 is 0 Å². The second kappa shape index (κ2) is 13.4. The van der Waals surface area contributed by atoms with Gasteiger partial charge in [0.2, 0.25) is 5.91 Å². The van der Waals surface area contributed by atoms with Crippen LogP contribution in [0.3, 0.4) is 0 Å². The van der Waals surface area contributed by atoms with Gasteiger partial charge in [-0.1, -0.05) is 59.8 Å². The summed E-state index contributed by atoms with van der Waals surface area (Å²) >= 11 is 0. The van der Waals surface area contributed by atoms with E-state index in [1.54, 1.807) is 6.92 Å². The molecule has 1 rings (SSSR count). The Labute approximate surface area is 143 Å². The molecule has 134 valence electrons. The SMILES string of the molecule is C#CC[C@H](C)C(=O)NC[C@@H](O)CCC(C)C.CC1CCCCC1. The molecule has 0 heterocycles. The molecule has 0 aliphatic heterocycles. The number of carbonyl (C=O) groups is 1. The summed E-state index contributed by atoms with van der Waals surface area (Å²) in [6.07, 6.45) is 14.2. The molecule has 1 aliphatic carbocycles. The van der Waals surface area contributed by atoms with E-state index in [0.717, 1.165) is 18.8 Å². The van der Waals surface area contributed by atoms with E-state index < -0.39 is 6.10 Å². The minimum atomic E-state index is -0.454. The summed E-state index contributed by atoms with van der Waals surface area (Å²) in [6, 6.07) is 0. The highest BCUT2D eigenvalue weighted by Gasteiger charge is 2.13. The zero-order chi connectivity index (χ0) is 17.7. The minimum absolute atomic E-state index is 0.0819. The van der Waals surface area contributed by atoms with Crippen molar-refractivity contribution in [3.63, 3.8) is 0 Å². The van der Waals surface area contributed by atoms with Crippen LogP contribution < -0.4 is 5.32 Å². The molecule has 1 saturated carbocycles. The molecule has 23 heavy (non-hydrogen) atoms. The number of hydrogen-bond donors (Lipinski definition) is 2. The van der Waals surface area contributed by atoms with Gasteiger partial charge in [-0.25, -0.2) is 0 Å². The van der Waals surface area contributed by atoms with E-state index in [2.05, 4.69) is 32.0 Å². The molecule has 2 atom stereocenters. The van der Waals surface area contributed by atoms with Crippen molar-refractivity contribution in [1.82, 2.24) is 5.32 Å². The highest BCUT2D eigenvalue weighted by molar-refractivity contribution is 5.78. The van der Waals surface area contributed by atoms with Gasteiger partial charge in [0.05, 0.1) is 6.10 Å². The molecule has 0 aromatic rings. The Kier molecular flexibility index (Phi) is 12.8. The number of rotatable bonds is 7. The second-order valence-corrected chi connectivity index (χ2v) is 7.42. The fraction of sp³-hybridized carbons (Fsp3) is 0.850. The highest BCUT2D eigenvalue weighted by Crippen LogP contribution is 2.22. The second-order valence-electron chi connectivity index (χ2n) is 7.42. The normalized spacial score (nSPS) is 17.6. The van der Waals surface area contributed by atoms with E-state index in [9.17, 15) is 9.90 Å². The number of terminal acetylenes is 1. The Morgan fingerprint density at radius 3 is 2.26 bits per heavy atom. The fourth-order valence-corrected chi connectivity index (χ4v) is 2.60. The molecule has 0 saturated heterocycles. The Hall–Kier alpha value is -1.01. The van der Waals surface area contributed by atoms with Gasteiger partial charge < -0.3 is 10.4 Å². The number of aliphatic hydroxyl groups is 1. The first-order valence-electron chi connectivity index (χ1n) is 9.26. The lowest BCUT2D eigenvalue weighted by atomic mass is 9.91. The summed E-state index contributed by atoms with van der Waals surface area (Å²) < 4.78 is 0. The molecule has 0 aromatic carbocycles. The van der Waals surface area contributed by atoms with Crippen molar-refractivity contribution in [2.45, 2.75) is 85.2 Å². The maximum absolute atomic E-state index is 11.5. The van der Waals surface area contributed by atoms with E-state index in [1.807, 2.05) is 0 Å². The van der Waals surface area contributed by atoms with Crippen molar-refractivity contribution in [1.29, 1.82) is 0 Å². The smallest absolute Gasteiger partial charge is 0.223 e. The molecule has 1 amide bonds. The molecule has 0 radical (unpaired) electrons. The molecule has 3 nitrogen and oxygen atoms in total. The van der Waals surface area contributed by atoms with Crippen LogP contribution in [-0.4, -0.2) is 23.7 Å². The Bertz CT molecular complexity index is 340. The third kappa shape index (κ3) is 13.2. The summed E-state index contributed by atoms with van der Waals surface area (Å²) in [5.41, 5.74) is 0. The summed E-state index contributed by atoms with van der Waals surface area (Å²) in [7, 11) is 0.